The van der Waals surface area contributed by atoms with Crippen LogP contribution in [-0.2, 0) is 6.54 Å². The van der Waals surface area contributed by atoms with Crippen molar-refractivity contribution in [3.8, 4) is 0 Å². The Kier molecular flexibility index (Phi) is 6.81. The number of likely N-dealkylation sites (N-methyl/N-ethyl adjacent to an activating group) is 1. The molecule has 0 amide bonds. The van der Waals surface area contributed by atoms with Crippen molar-refractivity contribution in [2.45, 2.75) is 12.6 Å². The van der Waals surface area contributed by atoms with Gasteiger partial charge in [0, 0.05) is 39.1 Å². The summed E-state index contributed by atoms with van der Waals surface area (Å²) < 4.78 is 15.6. The summed E-state index contributed by atoms with van der Waals surface area (Å²) in [5.74, 6) is 0.527. The first-order valence-electron chi connectivity index (χ1n) is 8.07. The fourth-order valence-corrected chi connectivity index (χ4v) is 2.55. The van der Waals surface area contributed by atoms with Crippen LogP contribution in [0, 0.1) is 5.82 Å². The van der Waals surface area contributed by atoms with Gasteiger partial charge < -0.3 is 20.1 Å². The fraction of sp³-hybridized carbons (Fsp3) is 0.389. The predicted octanol–water partition coefficient (Wildman–Crippen LogP) is 2.10. The minimum Gasteiger partial charge on any atom is -0.355 e. The van der Waals surface area contributed by atoms with E-state index in [0.29, 0.717) is 6.54 Å². The molecule has 130 valence electrons. The summed E-state index contributed by atoms with van der Waals surface area (Å²) >= 11 is 0. The maximum atomic E-state index is 13.5. The molecule has 0 saturated carbocycles. The first-order chi connectivity index (χ1) is 11.6. The zero-order chi connectivity index (χ0) is 17.4. The van der Waals surface area contributed by atoms with Crippen LogP contribution in [0.25, 0.3) is 0 Å². The van der Waals surface area contributed by atoms with Gasteiger partial charge in [-0.3, -0.25) is 4.99 Å². The van der Waals surface area contributed by atoms with Crippen LogP contribution in [0.4, 0.5) is 4.39 Å². The number of benzene rings is 1. The number of hydrogen-bond donors (Lipinski definition) is 2. The second kappa shape index (κ2) is 9.08. The van der Waals surface area contributed by atoms with E-state index in [1.165, 1.54) is 6.07 Å². The number of nitrogens with zero attached hydrogens (tertiary/aromatic N) is 3. The molecule has 2 aromatic rings. The van der Waals surface area contributed by atoms with E-state index in [4.69, 9.17) is 0 Å². The molecule has 1 aromatic carbocycles. The van der Waals surface area contributed by atoms with Gasteiger partial charge in [-0.1, -0.05) is 12.1 Å². The van der Waals surface area contributed by atoms with Crippen molar-refractivity contribution < 1.29 is 4.39 Å². The zero-order valence-corrected chi connectivity index (χ0v) is 14.5. The highest BCUT2D eigenvalue weighted by molar-refractivity contribution is 5.79. The maximum Gasteiger partial charge on any atom is 0.191 e. The van der Waals surface area contributed by atoms with Gasteiger partial charge in [0.05, 0.1) is 6.04 Å². The molecule has 6 heteroatoms. The number of aliphatic imine (C=N–C) groups is 1. The third kappa shape index (κ3) is 5.38. The van der Waals surface area contributed by atoms with Crippen LogP contribution >= 0.6 is 0 Å². The summed E-state index contributed by atoms with van der Waals surface area (Å²) in [7, 11) is 5.72. The van der Waals surface area contributed by atoms with Gasteiger partial charge in [0.25, 0.3) is 0 Å². The number of rotatable bonds is 7. The molecule has 0 aliphatic heterocycles. The Morgan fingerprint density at radius 2 is 1.96 bits per heavy atom. The molecule has 0 saturated heterocycles. The third-order valence-corrected chi connectivity index (χ3v) is 3.87. The molecule has 1 aromatic heterocycles. The van der Waals surface area contributed by atoms with Crippen molar-refractivity contribution in [2.75, 3.05) is 34.2 Å². The molecule has 1 atom stereocenters. The molecule has 0 bridgehead atoms. The topological polar surface area (TPSA) is 44.6 Å². The number of hydrogen-bond acceptors (Lipinski definition) is 2. The molecule has 2 rings (SSSR count). The minimum atomic E-state index is -0.214. The maximum absolute atomic E-state index is 13.5. The summed E-state index contributed by atoms with van der Waals surface area (Å²) in [6.45, 7) is 2.29. The van der Waals surface area contributed by atoms with Gasteiger partial charge >= 0.3 is 0 Å². The van der Waals surface area contributed by atoms with E-state index >= 15 is 0 Å². The molecule has 0 radical (unpaired) electrons. The lowest BCUT2D eigenvalue weighted by Gasteiger charge is -2.26. The van der Waals surface area contributed by atoms with Gasteiger partial charge in [-0.25, -0.2) is 4.39 Å². The van der Waals surface area contributed by atoms with Gasteiger partial charge in [-0.05, 0) is 43.9 Å². The van der Waals surface area contributed by atoms with E-state index in [9.17, 15) is 4.39 Å². The summed E-state index contributed by atoms with van der Waals surface area (Å²) in [6.07, 6.45) is 4.06. The predicted molar refractivity (Wildman–Crippen MR) is 96.6 cm³/mol. The normalized spacial score (nSPS) is 13.1. The summed E-state index contributed by atoms with van der Waals surface area (Å²) in [5.41, 5.74) is 0.940. The van der Waals surface area contributed by atoms with Crippen LogP contribution in [0.1, 0.15) is 11.6 Å². The van der Waals surface area contributed by atoms with Crippen molar-refractivity contribution >= 4 is 5.96 Å². The quantitative estimate of drug-likeness (QED) is 0.603. The lowest BCUT2D eigenvalue weighted by atomic mass is 10.1. The molecule has 0 aliphatic carbocycles. The van der Waals surface area contributed by atoms with Crippen LogP contribution < -0.4 is 10.6 Å². The molecule has 2 N–H and O–H groups in total. The van der Waals surface area contributed by atoms with Crippen molar-refractivity contribution in [2.24, 2.45) is 4.99 Å². The first kappa shape index (κ1) is 18.0. The largest absolute Gasteiger partial charge is 0.355 e. The monoisotopic (exact) mass is 331 g/mol. The molecule has 5 nitrogen and oxygen atoms in total. The number of halogens is 1. The first-order valence-corrected chi connectivity index (χ1v) is 8.07. The smallest absolute Gasteiger partial charge is 0.191 e. The van der Waals surface area contributed by atoms with Gasteiger partial charge in [-0.2, -0.15) is 0 Å². The van der Waals surface area contributed by atoms with Crippen LogP contribution in [-0.4, -0.2) is 49.7 Å². The molecule has 0 spiro atoms. The second-order valence-electron chi connectivity index (χ2n) is 5.84. The average molecular weight is 331 g/mol. The number of aromatic nitrogens is 1. The van der Waals surface area contributed by atoms with Crippen molar-refractivity contribution in [3.05, 3.63) is 60.2 Å². The fourth-order valence-electron chi connectivity index (χ4n) is 2.55. The SMILES string of the molecule is CN=C(NCCn1cccc1)NCC(c1cccc(F)c1)N(C)C. The molecule has 1 unspecified atom stereocenters. The van der Waals surface area contributed by atoms with E-state index in [0.717, 1.165) is 24.6 Å². The number of guanidine groups is 1. The Labute approximate surface area is 143 Å². The van der Waals surface area contributed by atoms with E-state index < -0.39 is 0 Å². The van der Waals surface area contributed by atoms with Crippen molar-refractivity contribution in [1.29, 1.82) is 0 Å². The molecular formula is C18H26FN5. The molecule has 0 fully saturated rings. The van der Waals surface area contributed by atoms with Gasteiger partial charge in [0.1, 0.15) is 5.82 Å². The third-order valence-electron chi connectivity index (χ3n) is 3.87. The van der Waals surface area contributed by atoms with Crippen LogP contribution in [0.15, 0.2) is 53.8 Å². The lowest BCUT2D eigenvalue weighted by Crippen LogP contribution is -2.42. The Bertz CT molecular complexity index is 637. The van der Waals surface area contributed by atoms with Crippen LogP contribution in [0.3, 0.4) is 0 Å². The van der Waals surface area contributed by atoms with Gasteiger partial charge in [0.15, 0.2) is 5.96 Å². The summed E-state index contributed by atoms with van der Waals surface area (Å²) in [6, 6.07) is 10.8. The van der Waals surface area contributed by atoms with Gasteiger partial charge in [0.2, 0.25) is 0 Å². The standard InChI is InChI=1S/C18H26FN5/c1-20-18(21-9-12-24-10-4-5-11-24)22-14-17(23(2)3)15-7-6-8-16(19)13-15/h4-8,10-11,13,17H,9,12,14H2,1-3H3,(H2,20,21,22). The minimum absolute atomic E-state index is 0.0590. The highest BCUT2D eigenvalue weighted by atomic mass is 19.1. The van der Waals surface area contributed by atoms with E-state index in [2.05, 4.69) is 25.1 Å². The average Bonchev–Trinajstić information content (AvgIpc) is 3.06. The second-order valence-corrected chi connectivity index (χ2v) is 5.84. The lowest BCUT2D eigenvalue weighted by molar-refractivity contribution is 0.297. The highest BCUT2D eigenvalue weighted by Crippen LogP contribution is 2.18. The summed E-state index contributed by atoms with van der Waals surface area (Å²) in [5, 5.41) is 6.60. The van der Waals surface area contributed by atoms with Crippen molar-refractivity contribution in [3.63, 3.8) is 0 Å². The Morgan fingerprint density at radius 3 is 2.58 bits per heavy atom. The molecule has 0 aliphatic rings. The zero-order valence-electron chi connectivity index (χ0n) is 14.5. The van der Waals surface area contributed by atoms with E-state index in [1.807, 2.05) is 44.7 Å². The Hall–Kier alpha value is -2.34. The molecular weight excluding hydrogens is 305 g/mol. The Balaban J connectivity index is 1.87. The van der Waals surface area contributed by atoms with E-state index in [1.54, 1.807) is 19.2 Å². The van der Waals surface area contributed by atoms with Gasteiger partial charge in [-0.15, -0.1) is 0 Å². The van der Waals surface area contributed by atoms with Crippen LogP contribution in [0.2, 0.25) is 0 Å². The molecule has 1 heterocycles. The molecule has 24 heavy (non-hydrogen) atoms. The number of nitrogens with one attached hydrogen (secondary N) is 2. The van der Waals surface area contributed by atoms with Crippen molar-refractivity contribution in [1.82, 2.24) is 20.1 Å². The van der Waals surface area contributed by atoms with E-state index in [-0.39, 0.29) is 11.9 Å². The highest BCUT2D eigenvalue weighted by Gasteiger charge is 2.15. The van der Waals surface area contributed by atoms with Crippen LogP contribution in [0.5, 0.6) is 0 Å². The Morgan fingerprint density at radius 1 is 1.21 bits per heavy atom. The summed E-state index contributed by atoms with van der Waals surface area (Å²) in [4.78, 5) is 6.31.